The third kappa shape index (κ3) is 5.26. The quantitative estimate of drug-likeness (QED) is 0.557. The number of amides is 2. The SMILES string of the molecule is CC(C)CCSc1nnc(NC(=O)[C@@H]2CC(=O)N(c3ccc(F)cc3)C2)s1. The summed E-state index contributed by atoms with van der Waals surface area (Å²) in [6.07, 6.45) is 1.22. The zero-order chi connectivity index (χ0) is 19.4. The van der Waals surface area contributed by atoms with Gasteiger partial charge in [-0.1, -0.05) is 36.9 Å². The molecule has 0 spiro atoms. The summed E-state index contributed by atoms with van der Waals surface area (Å²) in [7, 11) is 0. The van der Waals surface area contributed by atoms with E-state index in [1.807, 2.05) is 0 Å². The highest BCUT2D eigenvalue weighted by Gasteiger charge is 2.35. The highest BCUT2D eigenvalue weighted by atomic mass is 32.2. The van der Waals surface area contributed by atoms with Gasteiger partial charge in [-0.2, -0.15) is 0 Å². The van der Waals surface area contributed by atoms with Crippen molar-refractivity contribution in [3.05, 3.63) is 30.1 Å². The summed E-state index contributed by atoms with van der Waals surface area (Å²) >= 11 is 2.97. The van der Waals surface area contributed by atoms with Crippen LogP contribution in [0.4, 0.5) is 15.2 Å². The number of thioether (sulfide) groups is 1. The molecule has 6 nitrogen and oxygen atoms in total. The van der Waals surface area contributed by atoms with E-state index in [1.54, 1.807) is 23.9 Å². The number of hydrogen-bond donors (Lipinski definition) is 1. The average Bonchev–Trinajstić information content (AvgIpc) is 3.22. The van der Waals surface area contributed by atoms with Crippen molar-refractivity contribution < 1.29 is 14.0 Å². The molecular formula is C18H21FN4O2S2. The van der Waals surface area contributed by atoms with Gasteiger partial charge in [-0.3, -0.25) is 9.59 Å². The Kier molecular flexibility index (Phi) is 6.43. The van der Waals surface area contributed by atoms with Crippen molar-refractivity contribution in [3.8, 4) is 0 Å². The van der Waals surface area contributed by atoms with Crippen LogP contribution in [-0.4, -0.2) is 34.3 Å². The predicted octanol–water partition coefficient (Wildman–Crippen LogP) is 3.81. The summed E-state index contributed by atoms with van der Waals surface area (Å²) in [6.45, 7) is 4.61. The molecular weight excluding hydrogens is 387 g/mol. The van der Waals surface area contributed by atoms with E-state index in [-0.39, 0.29) is 30.6 Å². The maximum Gasteiger partial charge on any atom is 0.231 e. The van der Waals surface area contributed by atoms with Gasteiger partial charge in [-0.05, 0) is 36.6 Å². The van der Waals surface area contributed by atoms with Crippen LogP contribution in [0.2, 0.25) is 0 Å². The van der Waals surface area contributed by atoms with Gasteiger partial charge in [0, 0.05) is 24.4 Å². The van der Waals surface area contributed by atoms with Crippen molar-refractivity contribution in [3.63, 3.8) is 0 Å². The molecule has 2 amide bonds. The van der Waals surface area contributed by atoms with E-state index < -0.39 is 5.92 Å². The van der Waals surface area contributed by atoms with E-state index in [0.717, 1.165) is 16.5 Å². The smallest absolute Gasteiger partial charge is 0.231 e. The number of halogens is 1. The van der Waals surface area contributed by atoms with Gasteiger partial charge in [0.2, 0.25) is 16.9 Å². The number of aromatic nitrogens is 2. The Morgan fingerprint density at radius 3 is 2.81 bits per heavy atom. The first-order valence-electron chi connectivity index (χ1n) is 8.75. The largest absolute Gasteiger partial charge is 0.312 e. The molecule has 2 heterocycles. The topological polar surface area (TPSA) is 75.2 Å². The first-order chi connectivity index (χ1) is 12.9. The Bertz CT molecular complexity index is 810. The van der Waals surface area contributed by atoms with Crippen LogP contribution < -0.4 is 10.2 Å². The minimum atomic E-state index is -0.469. The van der Waals surface area contributed by atoms with Crippen LogP contribution in [0.3, 0.4) is 0 Å². The second-order valence-corrected chi connectivity index (χ2v) is 9.09. The minimum Gasteiger partial charge on any atom is -0.312 e. The summed E-state index contributed by atoms with van der Waals surface area (Å²) in [5.41, 5.74) is 0.594. The summed E-state index contributed by atoms with van der Waals surface area (Å²) < 4.78 is 13.9. The van der Waals surface area contributed by atoms with Crippen molar-refractivity contribution in [1.29, 1.82) is 0 Å². The molecule has 1 aromatic heterocycles. The lowest BCUT2D eigenvalue weighted by Gasteiger charge is -2.16. The fraction of sp³-hybridized carbons (Fsp3) is 0.444. The number of anilines is 2. The van der Waals surface area contributed by atoms with E-state index in [2.05, 4.69) is 29.4 Å². The molecule has 0 saturated carbocycles. The van der Waals surface area contributed by atoms with Crippen LogP contribution >= 0.6 is 23.1 Å². The molecule has 1 atom stereocenters. The van der Waals surface area contributed by atoms with Crippen LogP contribution in [0.1, 0.15) is 26.7 Å². The highest BCUT2D eigenvalue weighted by Crippen LogP contribution is 2.29. The Balaban J connectivity index is 1.55. The fourth-order valence-electron chi connectivity index (χ4n) is 2.66. The molecule has 1 aliphatic heterocycles. The molecule has 0 aliphatic carbocycles. The summed E-state index contributed by atoms with van der Waals surface area (Å²) in [5, 5.41) is 11.3. The van der Waals surface area contributed by atoms with Gasteiger partial charge in [-0.25, -0.2) is 4.39 Å². The van der Waals surface area contributed by atoms with Crippen molar-refractivity contribution in [2.75, 3.05) is 22.5 Å². The van der Waals surface area contributed by atoms with E-state index in [9.17, 15) is 14.0 Å². The standard InChI is InChI=1S/C18H21FN4O2S2/c1-11(2)7-8-26-18-22-21-17(27-18)20-16(25)12-9-15(24)23(10-12)14-5-3-13(19)4-6-14/h3-6,11-12H,7-10H2,1-2H3,(H,20,21,25)/t12-/m1/s1. The predicted molar refractivity (Wildman–Crippen MR) is 106 cm³/mol. The van der Waals surface area contributed by atoms with Crippen molar-refractivity contribution in [1.82, 2.24) is 10.2 Å². The van der Waals surface area contributed by atoms with Crippen LogP contribution in [0.25, 0.3) is 0 Å². The molecule has 0 unspecified atom stereocenters. The van der Waals surface area contributed by atoms with Crippen LogP contribution in [0, 0.1) is 17.7 Å². The van der Waals surface area contributed by atoms with Crippen molar-refractivity contribution in [2.24, 2.45) is 11.8 Å². The van der Waals surface area contributed by atoms with E-state index in [1.165, 1.54) is 28.4 Å². The molecule has 2 aromatic rings. The Morgan fingerprint density at radius 1 is 1.37 bits per heavy atom. The summed E-state index contributed by atoms with van der Waals surface area (Å²) in [6, 6.07) is 5.68. The molecule has 0 radical (unpaired) electrons. The van der Waals surface area contributed by atoms with E-state index >= 15 is 0 Å². The molecule has 1 N–H and O–H groups in total. The van der Waals surface area contributed by atoms with Crippen LogP contribution in [-0.2, 0) is 9.59 Å². The number of nitrogens with one attached hydrogen (secondary N) is 1. The van der Waals surface area contributed by atoms with Gasteiger partial charge in [0.15, 0.2) is 4.34 Å². The fourth-order valence-corrected chi connectivity index (χ4v) is 4.73. The summed E-state index contributed by atoms with van der Waals surface area (Å²) in [4.78, 5) is 26.2. The molecule has 9 heteroatoms. The first kappa shape index (κ1) is 19.8. The maximum absolute atomic E-state index is 13.1. The zero-order valence-electron chi connectivity index (χ0n) is 15.1. The molecule has 1 aliphatic rings. The number of benzene rings is 1. The monoisotopic (exact) mass is 408 g/mol. The third-order valence-electron chi connectivity index (χ3n) is 4.19. The second kappa shape index (κ2) is 8.79. The Hall–Kier alpha value is -2.00. The molecule has 1 saturated heterocycles. The average molecular weight is 409 g/mol. The van der Waals surface area contributed by atoms with E-state index in [4.69, 9.17) is 0 Å². The molecule has 144 valence electrons. The normalized spacial score (nSPS) is 17.0. The number of hydrogen-bond acceptors (Lipinski definition) is 6. The molecule has 1 aromatic carbocycles. The first-order valence-corrected chi connectivity index (χ1v) is 10.6. The molecule has 27 heavy (non-hydrogen) atoms. The number of carbonyl (C=O) groups excluding carboxylic acids is 2. The van der Waals surface area contributed by atoms with Crippen molar-refractivity contribution in [2.45, 2.75) is 31.0 Å². The van der Waals surface area contributed by atoms with Gasteiger partial charge in [0.05, 0.1) is 5.92 Å². The Labute approximate surface area is 165 Å². The Morgan fingerprint density at radius 2 is 2.11 bits per heavy atom. The maximum atomic E-state index is 13.1. The second-order valence-electron chi connectivity index (χ2n) is 6.78. The number of carbonyl (C=O) groups is 2. The van der Waals surface area contributed by atoms with E-state index in [0.29, 0.717) is 16.7 Å². The number of nitrogens with zero attached hydrogens (tertiary/aromatic N) is 3. The van der Waals surface area contributed by atoms with Gasteiger partial charge in [0.1, 0.15) is 5.82 Å². The molecule has 0 bridgehead atoms. The van der Waals surface area contributed by atoms with Gasteiger partial charge in [0.25, 0.3) is 0 Å². The molecule has 1 fully saturated rings. The lowest BCUT2D eigenvalue weighted by Crippen LogP contribution is -2.28. The lowest BCUT2D eigenvalue weighted by molar-refractivity contribution is -0.122. The highest BCUT2D eigenvalue weighted by molar-refractivity contribution is 8.01. The van der Waals surface area contributed by atoms with Gasteiger partial charge >= 0.3 is 0 Å². The lowest BCUT2D eigenvalue weighted by atomic mass is 10.1. The van der Waals surface area contributed by atoms with Gasteiger partial charge in [-0.15, -0.1) is 10.2 Å². The van der Waals surface area contributed by atoms with Crippen molar-refractivity contribution >= 4 is 45.7 Å². The minimum absolute atomic E-state index is 0.123. The third-order valence-corrected chi connectivity index (χ3v) is 6.20. The van der Waals surface area contributed by atoms with Gasteiger partial charge < -0.3 is 10.2 Å². The van der Waals surface area contributed by atoms with Crippen LogP contribution in [0.15, 0.2) is 28.6 Å². The number of rotatable bonds is 7. The molecule has 3 rings (SSSR count). The van der Waals surface area contributed by atoms with Crippen LogP contribution in [0.5, 0.6) is 0 Å². The zero-order valence-corrected chi connectivity index (χ0v) is 16.8. The summed E-state index contributed by atoms with van der Waals surface area (Å²) in [5.74, 6) is 0.367.